The number of hydrogen-bond acceptors (Lipinski definition) is 3. The standard InChI is InChI=1S/C13H13FOS2/c1-8-6-12(17-13-4-3-5-16-13)10(9(2)15)7-11(8)14/h3-7,9,15H,1-2H3. The molecule has 0 fully saturated rings. The Balaban J connectivity index is 2.41. The van der Waals surface area contributed by atoms with Crippen LogP contribution in [0, 0.1) is 12.7 Å². The van der Waals surface area contributed by atoms with Crippen LogP contribution in [-0.2, 0) is 0 Å². The molecule has 0 saturated carbocycles. The van der Waals surface area contributed by atoms with Crippen LogP contribution in [0.15, 0.2) is 38.8 Å². The van der Waals surface area contributed by atoms with Crippen LogP contribution >= 0.6 is 23.1 Å². The van der Waals surface area contributed by atoms with Crippen LogP contribution in [0.4, 0.5) is 4.39 Å². The van der Waals surface area contributed by atoms with E-state index in [1.54, 1.807) is 43.0 Å². The van der Waals surface area contributed by atoms with Crippen molar-refractivity contribution in [2.45, 2.75) is 29.1 Å². The molecule has 90 valence electrons. The highest BCUT2D eigenvalue weighted by Gasteiger charge is 2.13. The molecule has 0 bridgehead atoms. The summed E-state index contributed by atoms with van der Waals surface area (Å²) in [5.74, 6) is -0.267. The SMILES string of the molecule is Cc1cc(Sc2cccs2)c(C(C)O)cc1F. The van der Waals surface area contributed by atoms with Gasteiger partial charge in [-0.25, -0.2) is 4.39 Å². The van der Waals surface area contributed by atoms with Gasteiger partial charge in [-0.15, -0.1) is 11.3 Å². The number of aliphatic hydroxyl groups is 1. The minimum atomic E-state index is -0.660. The number of aliphatic hydroxyl groups excluding tert-OH is 1. The Kier molecular flexibility index (Phi) is 3.86. The maximum absolute atomic E-state index is 13.5. The molecule has 0 spiro atoms. The van der Waals surface area contributed by atoms with Gasteiger partial charge < -0.3 is 5.11 Å². The van der Waals surface area contributed by atoms with Crippen molar-refractivity contribution < 1.29 is 9.50 Å². The predicted molar refractivity (Wildman–Crippen MR) is 70.2 cm³/mol. The van der Waals surface area contributed by atoms with Gasteiger partial charge in [0.05, 0.1) is 10.3 Å². The Bertz CT molecular complexity index is 506. The summed E-state index contributed by atoms with van der Waals surface area (Å²) in [4.78, 5) is 0.918. The highest BCUT2D eigenvalue weighted by molar-refractivity contribution is 8.01. The van der Waals surface area contributed by atoms with Gasteiger partial charge in [-0.2, -0.15) is 0 Å². The van der Waals surface area contributed by atoms with Crippen LogP contribution in [0.25, 0.3) is 0 Å². The van der Waals surface area contributed by atoms with E-state index in [0.29, 0.717) is 11.1 Å². The summed E-state index contributed by atoms with van der Waals surface area (Å²) in [6.07, 6.45) is -0.660. The van der Waals surface area contributed by atoms with Crippen LogP contribution < -0.4 is 0 Å². The van der Waals surface area contributed by atoms with Gasteiger partial charge in [0.2, 0.25) is 0 Å². The smallest absolute Gasteiger partial charge is 0.126 e. The zero-order valence-electron chi connectivity index (χ0n) is 9.61. The molecular weight excluding hydrogens is 255 g/mol. The second-order valence-electron chi connectivity index (χ2n) is 3.85. The van der Waals surface area contributed by atoms with Gasteiger partial charge in [0.25, 0.3) is 0 Å². The second-order valence-corrected chi connectivity index (χ2v) is 6.14. The first-order valence-corrected chi connectivity index (χ1v) is 6.97. The van der Waals surface area contributed by atoms with Crippen molar-refractivity contribution in [3.05, 3.63) is 46.6 Å². The summed E-state index contributed by atoms with van der Waals surface area (Å²) in [6, 6.07) is 7.21. The number of aryl methyl sites for hydroxylation is 1. The molecule has 0 amide bonds. The fourth-order valence-electron chi connectivity index (χ4n) is 1.52. The lowest BCUT2D eigenvalue weighted by Crippen LogP contribution is -1.97. The number of hydrogen-bond donors (Lipinski definition) is 1. The van der Waals surface area contributed by atoms with Gasteiger partial charge in [0, 0.05) is 4.90 Å². The monoisotopic (exact) mass is 268 g/mol. The molecular formula is C13H13FOS2. The zero-order valence-corrected chi connectivity index (χ0v) is 11.2. The van der Waals surface area contributed by atoms with Gasteiger partial charge in [-0.1, -0.05) is 17.8 Å². The maximum atomic E-state index is 13.5. The number of thiophene rings is 1. The molecule has 0 radical (unpaired) electrons. The van der Waals surface area contributed by atoms with E-state index in [1.165, 1.54) is 6.07 Å². The summed E-state index contributed by atoms with van der Waals surface area (Å²) < 4.78 is 14.6. The van der Waals surface area contributed by atoms with E-state index in [0.717, 1.165) is 9.10 Å². The Morgan fingerprint density at radius 2 is 2.18 bits per heavy atom. The molecule has 2 rings (SSSR count). The lowest BCUT2D eigenvalue weighted by molar-refractivity contribution is 0.196. The average molecular weight is 268 g/mol. The molecule has 17 heavy (non-hydrogen) atoms. The molecule has 1 aromatic carbocycles. The third kappa shape index (κ3) is 2.89. The van der Waals surface area contributed by atoms with Crippen molar-refractivity contribution in [2.75, 3.05) is 0 Å². The van der Waals surface area contributed by atoms with Crippen molar-refractivity contribution in [1.82, 2.24) is 0 Å². The first-order chi connectivity index (χ1) is 8.08. The lowest BCUT2D eigenvalue weighted by atomic mass is 10.1. The fourth-order valence-corrected chi connectivity index (χ4v) is 3.54. The number of benzene rings is 1. The van der Waals surface area contributed by atoms with Crippen molar-refractivity contribution >= 4 is 23.1 Å². The molecule has 1 unspecified atom stereocenters. The van der Waals surface area contributed by atoms with Crippen LogP contribution in [0.3, 0.4) is 0 Å². The van der Waals surface area contributed by atoms with Crippen molar-refractivity contribution in [3.63, 3.8) is 0 Å². The first-order valence-electron chi connectivity index (χ1n) is 5.27. The molecule has 0 aliphatic rings. The van der Waals surface area contributed by atoms with E-state index in [-0.39, 0.29) is 5.82 Å². The van der Waals surface area contributed by atoms with Gasteiger partial charge >= 0.3 is 0 Å². The van der Waals surface area contributed by atoms with E-state index in [9.17, 15) is 9.50 Å². The Hall–Kier alpha value is -0.840. The lowest BCUT2D eigenvalue weighted by Gasteiger charge is -2.12. The molecule has 1 nitrogen and oxygen atoms in total. The molecule has 1 heterocycles. The molecule has 0 aliphatic carbocycles. The fraction of sp³-hybridized carbons (Fsp3) is 0.231. The molecule has 1 atom stereocenters. The van der Waals surface area contributed by atoms with Crippen LogP contribution in [0.5, 0.6) is 0 Å². The van der Waals surface area contributed by atoms with E-state index >= 15 is 0 Å². The molecule has 1 aromatic heterocycles. The molecule has 0 aliphatic heterocycles. The molecule has 0 saturated heterocycles. The van der Waals surface area contributed by atoms with E-state index < -0.39 is 6.10 Å². The highest BCUT2D eigenvalue weighted by atomic mass is 32.2. The van der Waals surface area contributed by atoms with E-state index in [1.807, 2.05) is 17.5 Å². The van der Waals surface area contributed by atoms with E-state index in [4.69, 9.17) is 0 Å². The Morgan fingerprint density at radius 3 is 2.76 bits per heavy atom. The minimum Gasteiger partial charge on any atom is -0.389 e. The van der Waals surface area contributed by atoms with Gasteiger partial charge in [0.15, 0.2) is 0 Å². The predicted octanol–water partition coefficient (Wildman–Crippen LogP) is 4.40. The van der Waals surface area contributed by atoms with Crippen LogP contribution in [0.2, 0.25) is 0 Å². The topological polar surface area (TPSA) is 20.2 Å². The summed E-state index contributed by atoms with van der Waals surface area (Å²) in [5, 5.41) is 11.7. The first kappa shape index (κ1) is 12.6. The summed E-state index contributed by atoms with van der Waals surface area (Å²) in [7, 11) is 0. The third-order valence-electron chi connectivity index (χ3n) is 2.45. The second kappa shape index (κ2) is 5.21. The van der Waals surface area contributed by atoms with Crippen molar-refractivity contribution in [3.8, 4) is 0 Å². The van der Waals surface area contributed by atoms with Crippen molar-refractivity contribution in [1.29, 1.82) is 0 Å². The van der Waals surface area contributed by atoms with Crippen LogP contribution in [0.1, 0.15) is 24.2 Å². The molecule has 1 N–H and O–H groups in total. The quantitative estimate of drug-likeness (QED) is 0.890. The van der Waals surface area contributed by atoms with Crippen molar-refractivity contribution in [2.24, 2.45) is 0 Å². The molecule has 2 aromatic rings. The average Bonchev–Trinajstić information content (AvgIpc) is 2.75. The van der Waals surface area contributed by atoms with Gasteiger partial charge in [-0.3, -0.25) is 0 Å². The van der Waals surface area contributed by atoms with Gasteiger partial charge in [0.1, 0.15) is 5.82 Å². The summed E-state index contributed by atoms with van der Waals surface area (Å²) in [5.41, 5.74) is 1.25. The number of halogens is 1. The zero-order chi connectivity index (χ0) is 12.4. The highest BCUT2D eigenvalue weighted by Crippen LogP contribution is 2.36. The van der Waals surface area contributed by atoms with Gasteiger partial charge in [-0.05, 0) is 48.6 Å². The van der Waals surface area contributed by atoms with E-state index in [2.05, 4.69) is 0 Å². The largest absolute Gasteiger partial charge is 0.389 e. The number of rotatable bonds is 3. The Labute approximate surface area is 108 Å². The summed E-state index contributed by atoms with van der Waals surface area (Å²) in [6.45, 7) is 3.39. The molecule has 4 heteroatoms. The third-order valence-corrected chi connectivity index (χ3v) is 4.56. The Morgan fingerprint density at radius 1 is 1.41 bits per heavy atom. The van der Waals surface area contributed by atoms with Crippen LogP contribution in [-0.4, -0.2) is 5.11 Å². The maximum Gasteiger partial charge on any atom is 0.126 e. The minimum absolute atomic E-state index is 0.267. The normalized spacial score (nSPS) is 12.7. The summed E-state index contributed by atoms with van der Waals surface area (Å²) >= 11 is 3.20.